The lowest BCUT2D eigenvalue weighted by Gasteiger charge is -2.34. The summed E-state index contributed by atoms with van der Waals surface area (Å²) in [5.74, 6) is -1.48. The van der Waals surface area contributed by atoms with E-state index >= 15 is 0 Å². The zero-order chi connectivity index (χ0) is 16.5. The first kappa shape index (κ1) is 16.2. The molecule has 2 aliphatic carbocycles. The van der Waals surface area contributed by atoms with Crippen LogP contribution in [0, 0.1) is 16.7 Å². The summed E-state index contributed by atoms with van der Waals surface area (Å²) in [6.07, 6.45) is 6.99. The first-order valence-corrected chi connectivity index (χ1v) is 7.07. The molecule has 5 heteroatoms. The molecule has 0 heterocycles. The van der Waals surface area contributed by atoms with E-state index in [1.54, 1.807) is 18.2 Å². The molecular weight excluding hydrogens is 284 g/mol. The maximum Gasteiger partial charge on any atom is 0.323 e. The number of hydrogen-bond donors (Lipinski definition) is 0. The lowest BCUT2D eigenvalue weighted by molar-refractivity contribution is -0.169. The van der Waals surface area contributed by atoms with E-state index in [9.17, 15) is 14.4 Å². The zero-order valence-corrected chi connectivity index (χ0v) is 13.0. The minimum Gasteiger partial charge on any atom is -0.468 e. The summed E-state index contributed by atoms with van der Waals surface area (Å²) in [6.45, 7) is 5.67. The highest BCUT2D eigenvalue weighted by atomic mass is 16.5. The van der Waals surface area contributed by atoms with Gasteiger partial charge in [-0.3, -0.25) is 14.4 Å². The van der Waals surface area contributed by atoms with Crippen molar-refractivity contribution in [1.29, 1.82) is 0 Å². The smallest absolute Gasteiger partial charge is 0.323 e. The molecule has 0 aromatic rings. The first-order valence-electron chi connectivity index (χ1n) is 7.07. The van der Waals surface area contributed by atoms with Gasteiger partial charge in [0.05, 0.1) is 14.2 Å². The van der Waals surface area contributed by atoms with Crippen molar-refractivity contribution in [3.63, 3.8) is 0 Å². The molecule has 118 valence electrons. The first-order chi connectivity index (χ1) is 10.4. The van der Waals surface area contributed by atoms with Crippen LogP contribution in [-0.2, 0) is 23.9 Å². The zero-order valence-electron chi connectivity index (χ0n) is 13.0. The normalized spacial score (nSPS) is 29.1. The number of carbonyl (C=O) groups is 3. The Bertz CT molecular complexity index is 582. The van der Waals surface area contributed by atoms with Gasteiger partial charge in [-0.15, -0.1) is 6.58 Å². The summed E-state index contributed by atoms with van der Waals surface area (Å²) in [5.41, 5.74) is -1.14. The van der Waals surface area contributed by atoms with Gasteiger partial charge in [-0.2, -0.15) is 0 Å². The molecule has 0 saturated heterocycles. The summed E-state index contributed by atoms with van der Waals surface area (Å²) in [7, 11) is 2.51. The summed E-state index contributed by atoms with van der Waals surface area (Å²) < 4.78 is 9.72. The Morgan fingerprint density at radius 1 is 1.32 bits per heavy atom. The van der Waals surface area contributed by atoms with Crippen LogP contribution >= 0.6 is 0 Å². The number of esters is 2. The van der Waals surface area contributed by atoms with Crippen LogP contribution < -0.4 is 0 Å². The number of methoxy groups -OCH3 is 2. The Labute approximate surface area is 129 Å². The maximum atomic E-state index is 12.3. The van der Waals surface area contributed by atoms with Gasteiger partial charge in [-0.25, -0.2) is 0 Å². The van der Waals surface area contributed by atoms with Gasteiger partial charge in [0.2, 0.25) is 0 Å². The van der Waals surface area contributed by atoms with E-state index in [1.807, 2.05) is 6.92 Å². The monoisotopic (exact) mass is 304 g/mol. The average Bonchev–Trinajstić information content (AvgIpc) is 2.86. The lowest BCUT2D eigenvalue weighted by atomic mass is 9.69. The molecule has 1 saturated carbocycles. The molecule has 1 fully saturated rings. The summed E-state index contributed by atoms with van der Waals surface area (Å²) in [5, 5.41) is 0. The Hall–Kier alpha value is -2.17. The van der Waals surface area contributed by atoms with Gasteiger partial charge in [0.1, 0.15) is 0 Å². The molecule has 0 aliphatic heterocycles. The van der Waals surface area contributed by atoms with Crippen LogP contribution in [0.5, 0.6) is 0 Å². The van der Waals surface area contributed by atoms with Gasteiger partial charge in [-0.1, -0.05) is 17.7 Å². The molecule has 22 heavy (non-hydrogen) atoms. The second kappa shape index (κ2) is 5.55. The number of rotatable bonds is 3. The van der Waals surface area contributed by atoms with Crippen molar-refractivity contribution >= 4 is 17.7 Å². The van der Waals surface area contributed by atoms with E-state index in [1.165, 1.54) is 20.3 Å². The summed E-state index contributed by atoms with van der Waals surface area (Å²) in [6, 6.07) is 0. The topological polar surface area (TPSA) is 69.7 Å². The molecule has 1 spiro atoms. The molecule has 2 aliphatic rings. The highest BCUT2D eigenvalue weighted by molar-refractivity contribution is 6.03. The molecule has 0 unspecified atom stereocenters. The highest BCUT2D eigenvalue weighted by Gasteiger charge is 2.62. The van der Waals surface area contributed by atoms with Crippen molar-refractivity contribution in [2.45, 2.75) is 19.8 Å². The standard InChI is InChI=1S/C17H20O5/c1-5-12-9-17(14(19)21-3,15(20)22-4)10-16(12)7-6-13(18)8-11(16)2/h5-8,12H,1,9-10H2,2-4H3/t12-,16+/m1/s1. The Morgan fingerprint density at radius 3 is 2.36 bits per heavy atom. The van der Waals surface area contributed by atoms with Crippen LogP contribution in [0.15, 0.2) is 36.5 Å². The van der Waals surface area contributed by atoms with Crippen LogP contribution in [0.1, 0.15) is 19.8 Å². The number of ether oxygens (including phenoxy) is 2. The predicted octanol–water partition coefficient (Wildman–Crippen LogP) is 1.99. The van der Waals surface area contributed by atoms with Gasteiger partial charge in [0.25, 0.3) is 0 Å². The van der Waals surface area contributed by atoms with E-state index in [-0.39, 0.29) is 24.5 Å². The summed E-state index contributed by atoms with van der Waals surface area (Å²) >= 11 is 0. The fraction of sp³-hybridized carbons (Fsp3) is 0.471. The molecule has 0 amide bonds. The molecule has 0 aromatic carbocycles. The number of hydrogen-bond acceptors (Lipinski definition) is 5. The fourth-order valence-electron chi connectivity index (χ4n) is 3.71. The fourth-order valence-corrected chi connectivity index (χ4v) is 3.71. The predicted molar refractivity (Wildman–Crippen MR) is 79.7 cm³/mol. The van der Waals surface area contributed by atoms with E-state index < -0.39 is 22.8 Å². The molecule has 5 nitrogen and oxygen atoms in total. The van der Waals surface area contributed by atoms with Crippen LogP contribution in [0.25, 0.3) is 0 Å². The van der Waals surface area contributed by atoms with Crippen molar-refractivity contribution in [3.8, 4) is 0 Å². The number of ketones is 1. The minimum absolute atomic E-state index is 0.0976. The second-order valence-corrected chi connectivity index (χ2v) is 5.89. The quantitative estimate of drug-likeness (QED) is 0.453. The Balaban J connectivity index is 2.56. The van der Waals surface area contributed by atoms with E-state index in [0.29, 0.717) is 0 Å². The molecule has 0 N–H and O–H groups in total. The third-order valence-corrected chi connectivity index (χ3v) is 4.90. The van der Waals surface area contributed by atoms with E-state index in [0.717, 1.165) is 5.57 Å². The van der Waals surface area contributed by atoms with E-state index in [2.05, 4.69) is 6.58 Å². The summed E-state index contributed by atoms with van der Waals surface area (Å²) in [4.78, 5) is 36.2. The van der Waals surface area contributed by atoms with E-state index in [4.69, 9.17) is 9.47 Å². The largest absolute Gasteiger partial charge is 0.468 e. The third kappa shape index (κ3) is 2.12. The molecular formula is C17H20O5. The Kier molecular flexibility index (Phi) is 4.09. The van der Waals surface area contributed by atoms with Crippen molar-refractivity contribution in [2.75, 3.05) is 14.2 Å². The van der Waals surface area contributed by atoms with Gasteiger partial charge < -0.3 is 9.47 Å². The van der Waals surface area contributed by atoms with Crippen LogP contribution in [-0.4, -0.2) is 31.9 Å². The third-order valence-electron chi connectivity index (χ3n) is 4.90. The van der Waals surface area contributed by atoms with Gasteiger partial charge in [0, 0.05) is 5.41 Å². The Morgan fingerprint density at radius 2 is 1.91 bits per heavy atom. The van der Waals surface area contributed by atoms with Gasteiger partial charge in [-0.05, 0) is 37.8 Å². The molecule has 2 atom stereocenters. The number of allylic oxidation sites excluding steroid dienone is 5. The van der Waals surface area contributed by atoms with Crippen molar-refractivity contribution in [3.05, 3.63) is 36.5 Å². The SMILES string of the molecule is C=C[C@@H]1CC(C(=O)OC)(C(=O)OC)C[C@]12C=CC(=O)C=C2C. The van der Waals surface area contributed by atoms with Gasteiger partial charge >= 0.3 is 11.9 Å². The maximum absolute atomic E-state index is 12.3. The molecule has 0 aromatic heterocycles. The number of carbonyl (C=O) groups excluding carboxylic acids is 3. The molecule has 0 radical (unpaired) electrons. The molecule has 0 bridgehead atoms. The highest BCUT2D eigenvalue weighted by Crippen LogP contribution is 2.59. The van der Waals surface area contributed by atoms with Crippen LogP contribution in [0.4, 0.5) is 0 Å². The van der Waals surface area contributed by atoms with Gasteiger partial charge in [0.15, 0.2) is 11.2 Å². The molecule has 2 rings (SSSR count). The van der Waals surface area contributed by atoms with Crippen LogP contribution in [0.2, 0.25) is 0 Å². The van der Waals surface area contributed by atoms with Crippen molar-refractivity contribution < 1.29 is 23.9 Å². The van der Waals surface area contributed by atoms with Crippen molar-refractivity contribution in [2.24, 2.45) is 16.7 Å². The van der Waals surface area contributed by atoms with Crippen molar-refractivity contribution in [1.82, 2.24) is 0 Å². The minimum atomic E-state index is -1.37. The van der Waals surface area contributed by atoms with Crippen LogP contribution in [0.3, 0.4) is 0 Å². The average molecular weight is 304 g/mol. The second-order valence-electron chi connectivity index (χ2n) is 5.89. The lowest BCUT2D eigenvalue weighted by Crippen LogP contribution is -2.40.